The molecule has 0 bridgehead atoms. The fraction of sp³-hybridized carbons (Fsp3) is 1.00. The smallest absolute Gasteiger partial charge is 0.181 e. The van der Waals surface area contributed by atoms with Crippen LogP contribution in [0.1, 0.15) is 64.2 Å². The van der Waals surface area contributed by atoms with E-state index >= 15 is 0 Å². The molecule has 0 atom stereocenters. The molecule has 2 aliphatic carbocycles. The van der Waals surface area contributed by atoms with Crippen molar-refractivity contribution < 1.29 is 18.6 Å². The minimum Gasteiger partial charge on any atom is -0.365 e. The van der Waals surface area contributed by atoms with Gasteiger partial charge in [-0.3, -0.25) is 8.37 Å². The number of rotatable bonds is 4. The lowest BCUT2D eigenvalue weighted by molar-refractivity contribution is -0.178. The third kappa shape index (κ3) is 4.10. The molecule has 100 valence electrons. The maximum atomic E-state index is 10.1. The van der Waals surface area contributed by atoms with E-state index in [-0.39, 0.29) is 0 Å². The Morgan fingerprint density at radius 1 is 0.647 bits per heavy atom. The largest absolute Gasteiger partial charge is 0.365 e. The zero-order valence-electron chi connectivity index (χ0n) is 10.2. The van der Waals surface area contributed by atoms with Gasteiger partial charge in [-0.1, -0.05) is 12.8 Å². The van der Waals surface area contributed by atoms with Gasteiger partial charge in [-0.05, 0) is 25.7 Å². The van der Waals surface area contributed by atoms with Crippen molar-refractivity contribution in [1.82, 2.24) is 0 Å². The minimum absolute atomic E-state index is 0.655. The van der Waals surface area contributed by atoms with Gasteiger partial charge in [0.05, 0.1) is 0 Å². The molecule has 0 spiro atoms. The van der Waals surface area contributed by atoms with E-state index in [9.17, 15) is 10.2 Å². The Balaban J connectivity index is 1.70. The molecule has 0 amide bonds. The Bertz CT molecular complexity index is 211. The monoisotopic (exact) mass is 262 g/mol. The molecule has 2 fully saturated rings. The van der Waals surface area contributed by atoms with Gasteiger partial charge in [0.2, 0.25) is 0 Å². The van der Waals surface area contributed by atoms with Crippen molar-refractivity contribution in [2.45, 2.75) is 75.8 Å². The van der Waals surface area contributed by atoms with E-state index in [0.717, 1.165) is 50.8 Å². The van der Waals surface area contributed by atoms with Crippen molar-refractivity contribution in [2.75, 3.05) is 0 Å². The quantitative estimate of drug-likeness (QED) is 0.602. The Morgan fingerprint density at radius 3 is 1.35 bits per heavy atom. The predicted molar refractivity (Wildman–Crippen MR) is 65.8 cm³/mol. The zero-order valence-corrected chi connectivity index (χ0v) is 11.0. The Kier molecular flexibility index (Phi) is 4.72. The highest BCUT2D eigenvalue weighted by molar-refractivity contribution is 7.89. The zero-order chi connectivity index (χ0) is 12.2. The molecule has 0 radical (unpaired) electrons. The van der Waals surface area contributed by atoms with Crippen molar-refractivity contribution in [3.05, 3.63) is 0 Å². The van der Waals surface area contributed by atoms with Crippen LogP contribution in [0.5, 0.6) is 0 Å². The summed E-state index contributed by atoms with van der Waals surface area (Å²) in [6.45, 7) is 0. The van der Waals surface area contributed by atoms with Crippen LogP contribution in [0.3, 0.4) is 0 Å². The molecule has 0 saturated heterocycles. The highest BCUT2D eigenvalue weighted by atomic mass is 32.2. The van der Waals surface area contributed by atoms with E-state index in [1.165, 1.54) is 0 Å². The van der Waals surface area contributed by atoms with Crippen LogP contribution in [0.15, 0.2) is 0 Å². The average molecular weight is 262 g/mol. The fourth-order valence-electron chi connectivity index (χ4n) is 2.52. The summed E-state index contributed by atoms with van der Waals surface area (Å²) >= 11 is 0.764. The summed E-state index contributed by atoms with van der Waals surface area (Å²) in [6, 6.07) is 0. The van der Waals surface area contributed by atoms with Gasteiger partial charge in [0, 0.05) is 25.7 Å². The summed E-state index contributed by atoms with van der Waals surface area (Å²) < 4.78 is 10.7. The summed E-state index contributed by atoms with van der Waals surface area (Å²) in [5.74, 6) is -2.12. The van der Waals surface area contributed by atoms with Crippen molar-refractivity contribution in [2.24, 2.45) is 0 Å². The van der Waals surface area contributed by atoms with Gasteiger partial charge in [0.1, 0.15) is 0 Å². The van der Waals surface area contributed by atoms with Gasteiger partial charge in [0.15, 0.2) is 23.9 Å². The van der Waals surface area contributed by atoms with Crippen LogP contribution in [0, 0.1) is 0 Å². The molecule has 5 heteroatoms. The summed E-state index contributed by atoms with van der Waals surface area (Å²) in [7, 11) is 0. The van der Waals surface area contributed by atoms with Crippen LogP contribution in [0.4, 0.5) is 0 Å². The topological polar surface area (TPSA) is 58.9 Å². The fourth-order valence-corrected chi connectivity index (χ4v) is 3.14. The molecule has 2 saturated carbocycles. The van der Waals surface area contributed by atoms with E-state index < -0.39 is 11.6 Å². The predicted octanol–water partition coefficient (Wildman–Crippen LogP) is 2.89. The maximum Gasteiger partial charge on any atom is 0.181 e. The number of hydrogen-bond donors (Lipinski definition) is 2. The Morgan fingerprint density at radius 2 is 1.00 bits per heavy atom. The Labute approximate surface area is 107 Å². The lowest BCUT2D eigenvalue weighted by Gasteiger charge is -2.33. The molecule has 0 unspecified atom stereocenters. The number of aliphatic hydroxyl groups is 2. The Hall–Kier alpha value is 0.190. The first kappa shape index (κ1) is 13.6. The molecule has 17 heavy (non-hydrogen) atoms. The van der Waals surface area contributed by atoms with Crippen LogP contribution < -0.4 is 0 Å². The molecular formula is C12H22O4S. The van der Waals surface area contributed by atoms with Gasteiger partial charge < -0.3 is 10.2 Å². The first-order valence-electron chi connectivity index (χ1n) is 6.60. The van der Waals surface area contributed by atoms with Gasteiger partial charge >= 0.3 is 0 Å². The summed E-state index contributed by atoms with van der Waals surface area (Å²) in [5.41, 5.74) is 0. The van der Waals surface area contributed by atoms with Crippen molar-refractivity contribution in [3.63, 3.8) is 0 Å². The molecular weight excluding hydrogens is 240 g/mol. The molecule has 0 aliphatic heterocycles. The number of hydrogen-bond acceptors (Lipinski definition) is 5. The molecule has 2 aliphatic rings. The van der Waals surface area contributed by atoms with Crippen LogP contribution >= 0.6 is 12.3 Å². The van der Waals surface area contributed by atoms with Gasteiger partial charge in [-0.25, -0.2) is 0 Å². The molecule has 2 rings (SSSR count). The average Bonchev–Trinajstić information content (AvgIpc) is 2.30. The first-order chi connectivity index (χ1) is 8.12. The van der Waals surface area contributed by atoms with Gasteiger partial charge in [-0.2, -0.15) is 0 Å². The van der Waals surface area contributed by atoms with Crippen molar-refractivity contribution in [3.8, 4) is 0 Å². The van der Waals surface area contributed by atoms with Crippen LogP contribution in [0.25, 0.3) is 0 Å². The second-order valence-electron chi connectivity index (χ2n) is 5.25. The maximum absolute atomic E-state index is 10.1. The molecule has 2 N–H and O–H groups in total. The van der Waals surface area contributed by atoms with E-state index in [4.69, 9.17) is 8.37 Å². The summed E-state index contributed by atoms with van der Waals surface area (Å²) in [4.78, 5) is 0. The highest BCUT2D eigenvalue weighted by Gasteiger charge is 2.35. The standard InChI is InChI=1S/C12H22O4S/c13-11(7-3-1-4-8-11)15-17-16-12(14)9-5-2-6-10-12/h13-14H,1-10H2. The third-order valence-corrected chi connectivity index (χ3v) is 4.40. The third-order valence-electron chi connectivity index (χ3n) is 3.65. The lowest BCUT2D eigenvalue weighted by atomic mass is 9.95. The molecule has 4 nitrogen and oxygen atoms in total. The minimum atomic E-state index is -1.06. The first-order valence-corrected chi connectivity index (χ1v) is 7.27. The molecule has 0 aromatic rings. The van der Waals surface area contributed by atoms with Gasteiger partial charge in [-0.15, -0.1) is 0 Å². The van der Waals surface area contributed by atoms with E-state index in [0.29, 0.717) is 25.7 Å². The lowest BCUT2D eigenvalue weighted by Crippen LogP contribution is -2.35. The van der Waals surface area contributed by atoms with Crippen molar-refractivity contribution >= 4 is 12.3 Å². The SMILES string of the molecule is OC1(OSOC2(O)CCCCC2)CCCCC1. The van der Waals surface area contributed by atoms with E-state index in [1.54, 1.807) is 0 Å². The normalized spacial score (nSPS) is 27.9. The van der Waals surface area contributed by atoms with E-state index in [1.807, 2.05) is 0 Å². The molecule has 0 aromatic heterocycles. The molecule has 0 aromatic carbocycles. The van der Waals surface area contributed by atoms with Crippen LogP contribution in [-0.2, 0) is 8.37 Å². The second kappa shape index (κ2) is 5.89. The van der Waals surface area contributed by atoms with E-state index in [2.05, 4.69) is 0 Å². The van der Waals surface area contributed by atoms with Crippen molar-refractivity contribution in [1.29, 1.82) is 0 Å². The van der Waals surface area contributed by atoms with Crippen LogP contribution in [-0.4, -0.2) is 21.8 Å². The summed E-state index contributed by atoms with van der Waals surface area (Å²) in [6.07, 6.45) is 8.88. The van der Waals surface area contributed by atoms with Crippen LogP contribution in [0.2, 0.25) is 0 Å². The second-order valence-corrected chi connectivity index (χ2v) is 5.72. The summed E-state index contributed by atoms with van der Waals surface area (Å²) in [5, 5.41) is 20.2. The molecule has 0 heterocycles. The van der Waals surface area contributed by atoms with Gasteiger partial charge in [0.25, 0.3) is 0 Å². The highest BCUT2D eigenvalue weighted by Crippen LogP contribution is 2.37.